The van der Waals surface area contributed by atoms with Crippen LogP contribution in [-0.2, 0) is 6.61 Å². The van der Waals surface area contributed by atoms with Crippen LogP contribution in [0.1, 0.15) is 24.1 Å². The quantitative estimate of drug-likeness (QED) is 0.868. The molecule has 0 fully saturated rings. The molecule has 2 rings (SSSR count). The summed E-state index contributed by atoms with van der Waals surface area (Å²) in [5.41, 5.74) is 7.69. The fraction of sp³-hybridized carbons (Fsp3) is 0.200. The molecule has 0 saturated carbocycles. The molecule has 3 nitrogen and oxygen atoms in total. The first-order chi connectivity index (χ1) is 8.70. The number of aliphatic hydroxyl groups excluding tert-OH is 1. The smallest absolute Gasteiger partial charge is 0.132 e. The standard InChI is InChI=1S/C15H17NO2/c1-11(16)14-7-2-3-8-15(14)18-13-6-4-5-12(9-13)10-17/h2-9,11,17H,10,16H2,1H3/t11-/m1/s1. The van der Waals surface area contributed by atoms with Gasteiger partial charge in [0.15, 0.2) is 0 Å². The molecule has 0 unspecified atom stereocenters. The Morgan fingerprint density at radius 1 is 1.17 bits per heavy atom. The van der Waals surface area contributed by atoms with Crippen molar-refractivity contribution < 1.29 is 9.84 Å². The normalized spacial score (nSPS) is 12.2. The number of para-hydroxylation sites is 1. The first kappa shape index (κ1) is 12.6. The molecule has 0 aliphatic carbocycles. The maximum absolute atomic E-state index is 9.10. The summed E-state index contributed by atoms with van der Waals surface area (Å²) in [5, 5.41) is 9.10. The van der Waals surface area contributed by atoms with Crippen LogP contribution in [-0.4, -0.2) is 5.11 Å². The number of ether oxygens (including phenoxy) is 1. The van der Waals surface area contributed by atoms with E-state index in [0.717, 1.165) is 16.9 Å². The van der Waals surface area contributed by atoms with Gasteiger partial charge in [0, 0.05) is 11.6 Å². The Morgan fingerprint density at radius 2 is 1.94 bits per heavy atom. The van der Waals surface area contributed by atoms with Crippen LogP contribution >= 0.6 is 0 Å². The summed E-state index contributed by atoms with van der Waals surface area (Å²) in [4.78, 5) is 0. The van der Waals surface area contributed by atoms with E-state index < -0.39 is 0 Å². The second-order valence-electron chi connectivity index (χ2n) is 4.23. The summed E-state index contributed by atoms with van der Waals surface area (Å²) >= 11 is 0. The van der Waals surface area contributed by atoms with Crippen molar-refractivity contribution in [3.63, 3.8) is 0 Å². The molecule has 1 atom stereocenters. The molecule has 0 amide bonds. The van der Waals surface area contributed by atoms with Crippen molar-refractivity contribution in [3.05, 3.63) is 59.7 Å². The van der Waals surface area contributed by atoms with Crippen molar-refractivity contribution in [2.75, 3.05) is 0 Å². The minimum Gasteiger partial charge on any atom is -0.457 e. The summed E-state index contributed by atoms with van der Waals surface area (Å²) in [7, 11) is 0. The van der Waals surface area contributed by atoms with E-state index in [0.29, 0.717) is 5.75 Å². The van der Waals surface area contributed by atoms with Crippen molar-refractivity contribution in [1.29, 1.82) is 0 Å². The van der Waals surface area contributed by atoms with E-state index in [2.05, 4.69) is 0 Å². The summed E-state index contributed by atoms with van der Waals surface area (Å²) in [5.74, 6) is 1.46. The Balaban J connectivity index is 2.28. The van der Waals surface area contributed by atoms with Gasteiger partial charge in [-0.25, -0.2) is 0 Å². The molecule has 94 valence electrons. The van der Waals surface area contributed by atoms with Crippen molar-refractivity contribution in [1.82, 2.24) is 0 Å². The zero-order valence-corrected chi connectivity index (χ0v) is 10.3. The summed E-state index contributed by atoms with van der Waals surface area (Å²) in [6, 6.07) is 15.0. The maximum Gasteiger partial charge on any atom is 0.132 e. The van der Waals surface area contributed by atoms with Crippen LogP contribution in [0, 0.1) is 0 Å². The number of benzene rings is 2. The maximum atomic E-state index is 9.10. The van der Waals surface area contributed by atoms with Crippen LogP contribution in [0.4, 0.5) is 0 Å². The lowest BCUT2D eigenvalue weighted by molar-refractivity contribution is 0.281. The molecule has 2 aromatic rings. The van der Waals surface area contributed by atoms with Gasteiger partial charge >= 0.3 is 0 Å². The average molecular weight is 243 g/mol. The molecule has 0 saturated heterocycles. The van der Waals surface area contributed by atoms with Gasteiger partial charge in [-0.1, -0.05) is 30.3 Å². The average Bonchev–Trinajstić information content (AvgIpc) is 2.39. The van der Waals surface area contributed by atoms with Gasteiger partial charge in [-0.15, -0.1) is 0 Å². The van der Waals surface area contributed by atoms with Crippen LogP contribution in [0.15, 0.2) is 48.5 Å². The third kappa shape index (κ3) is 2.88. The molecular weight excluding hydrogens is 226 g/mol. The molecule has 3 N–H and O–H groups in total. The molecule has 0 aromatic heterocycles. The van der Waals surface area contributed by atoms with Crippen LogP contribution in [0.3, 0.4) is 0 Å². The molecule has 0 aliphatic heterocycles. The molecule has 0 radical (unpaired) electrons. The Labute approximate surface area is 107 Å². The topological polar surface area (TPSA) is 55.5 Å². The third-order valence-corrected chi connectivity index (χ3v) is 2.72. The fourth-order valence-electron chi connectivity index (χ4n) is 1.78. The van der Waals surface area contributed by atoms with E-state index in [1.165, 1.54) is 0 Å². The van der Waals surface area contributed by atoms with Gasteiger partial charge in [0.1, 0.15) is 11.5 Å². The summed E-state index contributed by atoms with van der Waals surface area (Å²) in [6.07, 6.45) is 0. The van der Waals surface area contributed by atoms with Crippen LogP contribution in [0.5, 0.6) is 11.5 Å². The van der Waals surface area contributed by atoms with E-state index in [1.807, 2.05) is 55.5 Å². The van der Waals surface area contributed by atoms with E-state index in [4.69, 9.17) is 15.6 Å². The Hall–Kier alpha value is -1.84. The highest BCUT2D eigenvalue weighted by molar-refractivity contribution is 5.40. The predicted octanol–water partition coefficient (Wildman–Crippen LogP) is 2.99. The van der Waals surface area contributed by atoms with Gasteiger partial charge in [0.25, 0.3) is 0 Å². The first-order valence-corrected chi connectivity index (χ1v) is 5.93. The number of nitrogens with two attached hydrogens (primary N) is 1. The number of rotatable bonds is 4. The van der Waals surface area contributed by atoms with E-state index in [-0.39, 0.29) is 12.6 Å². The van der Waals surface area contributed by atoms with Gasteiger partial charge in [0.05, 0.1) is 6.61 Å². The molecule has 2 aromatic carbocycles. The van der Waals surface area contributed by atoms with Crippen molar-refractivity contribution >= 4 is 0 Å². The number of aliphatic hydroxyl groups is 1. The van der Waals surface area contributed by atoms with Gasteiger partial charge in [-0.05, 0) is 30.7 Å². The molecule has 18 heavy (non-hydrogen) atoms. The van der Waals surface area contributed by atoms with Gasteiger partial charge in [0.2, 0.25) is 0 Å². The highest BCUT2D eigenvalue weighted by Gasteiger charge is 2.08. The second kappa shape index (κ2) is 5.67. The largest absolute Gasteiger partial charge is 0.457 e. The van der Waals surface area contributed by atoms with Crippen molar-refractivity contribution in [3.8, 4) is 11.5 Å². The zero-order valence-electron chi connectivity index (χ0n) is 10.3. The predicted molar refractivity (Wildman–Crippen MR) is 71.5 cm³/mol. The van der Waals surface area contributed by atoms with E-state index in [1.54, 1.807) is 0 Å². The molecule has 0 aliphatic rings. The van der Waals surface area contributed by atoms with Crippen LogP contribution in [0.2, 0.25) is 0 Å². The molecule has 0 spiro atoms. The summed E-state index contributed by atoms with van der Waals surface area (Å²) < 4.78 is 5.82. The van der Waals surface area contributed by atoms with Crippen molar-refractivity contribution in [2.24, 2.45) is 5.73 Å². The lowest BCUT2D eigenvalue weighted by Crippen LogP contribution is -2.06. The number of hydrogen-bond acceptors (Lipinski definition) is 3. The molecular formula is C15H17NO2. The summed E-state index contributed by atoms with van der Waals surface area (Å²) in [6.45, 7) is 1.93. The highest BCUT2D eigenvalue weighted by Crippen LogP contribution is 2.28. The third-order valence-electron chi connectivity index (χ3n) is 2.72. The molecule has 0 heterocycles. The Bertz CT molecular complexity index is 523. The van der Waals surface area contributed by atoms with Crippen LogP contribution < -0.4 is 10.5 Å². The monoisotopic (exact) mass is 243 g/mol. The lowest BCUT2D eigenvalue weighted by Gasteiger charge is -2.13. The van der Waals surface area contributed by atoms with E-state index >= 15 is 0 Å². The highest BCUT2D eigenvalue weighted by atomic mass is 16.5. The van der Waals surface area contributed by atoms with Gasteiger partial charge in [-0.2, -0.15) is 0 Å². The zero-order chi connectivity index (χ0) is 13.0. The molecule has 0 bridgehead atoms. The van der Waals surface area contributed by atoms with Crippen LogP contribution in [0.25, 0.3) is 0 Å². The second-order valence-corrected chi connectivity index (χ2v) is 4.23. The SMILES string of the molecule is C[C@@H](N)c1ccccc1Oc1cccc(CO)c1. The number of hydrogen-bond donors (Lipinski definition) is 2. The van der Waals surface area contributed by atoms with Crippen molar-refractivity contribution in [2.45, 2.75) is 19.6 Å². The Kier molecular flexibility index (Phi) is 3.97. The van der Waals surface area contributed by atoms with Gasteiger partial charge in [-0.3, -0.25) is 0 Å². The molecule has 3 heteroatoms. The minimum absolute atomic E-state index is 0.00609. The first-order valence-electron chi connectivity index (χ1n) is 5.93. The fourth-order valence-corrected chi connectivity index (χ4v) is 1.78. The Morgan fingerprint density at radius 3 is 2.67 bits per heavy atom. The van der Waals surface area contributed by atoms with Gasteiger partial charge < -0.3 is 15.6 Å². The lowest BCUT2D eigenvalue weighted by atomic mass is 10.1. The minimum atomic E-state index is -0.0813. The van der Waals surface area contributed by atoms with E-state index in [9.17, 15) is 0 Å².